The van der Waals surface area contributed by atoms with Gasteiger partial charge in [-0.05, 0) is 25.1 Å². The van der Waals surface area contributed by atoms with E-state index < -0.39 is 17.6 Å². The molecule has 1 rings (SSSR count). The first-order valence-electron chi connectivity index (χ1n) is 4.49. The molecule has 0 atom stereocenters. The standard InChI is InChI=1S/C11H10F2O3/c1-7(11(14)15)5-6-16-9-4-2-3-8(12)10(9)13/h2-5H,6H2,1H3,(H,14,15). The van der Waals surface area contributed by atoms with Crippen molar-refractivity contribution >= 4 is 5.97 Å². The maximum Gasteiger partial charge on any atom is 0.331 e. The molecule has 0 unspecified atom stereocenters. The van der Waals surface area contributed by atoms with Gasteiger partial charge >= 0.3 is 5.97 Å². The highest BCUT2D eigenvalue weighted by Crippen LogP contribution is 2.18. The van der Waals surface area contributed by atoms with Gasteiger partial charge in [-0.1, -0.05) is 6.07 Å². The van der Waals surface area contributed by atoms with Crippen LogP contribution < -0.4 is 4.74 Å². The lowest BCUT2D eigenvalue weighted by molar-refractivity contribution is -0.132. The number of aliphatic carboxylic acids is 1. The first kappa shape index (κ1) is 12.2. The largest absolute Gasteiger partial charge is 0.486 e. The van der Waals surface area contributed by atoms with Crippen LogP contribution in [0.1, 0.15) is 6.92 Å². The minimum Gasteiger partial charge on any atom is -0.486 e. The van der Waals surface area contributed by atoms with Crippen LogP contribution in [-0.2, 0) is 4.79 Å². The Kier molecular flexibility index (Phi) is 3.99. The van der Waals surface area contributed by atoms with Gasteiger partial charge in [-0.3, -0.25) is 0 Å². The smallest absolute Gasteiger partial charge is 0.331 e. The van der Waals surface area contributed by atoms with Crippen LogP contribution in [0.2, 0.25) is 0 Å². The van der Waals surface area contributed by atoms with Crippen molar-refractivity contribution in [3.8, 4) is 5.75 Å². The summed E-state index contributed by atoms with van der Waals surface area (Å²) in [5, 5.41) is 8.52. The van der Waals surface area contributed by atoms with Gasteiger partial charge in [0.2, 0.25) is 5.82 Å². The van der Waals surface area contributed by atoms with Crippen molar-refractivity contribution in [2.45, 2.75) is 6.92 Å². The molecule has 0 heterocycles. The van der Waals surface area contributed by atoms with E-state index in [0.29, 0.717) is 0 Å². The summed E-state index contributed by atoms with van der Waals surface area (Å²) in [5.41, 5.74) is 0.0804. The van der Waals surface area contributed by atoms with Crippen LogP contribution in [0.5, 0.6) is 5.75 Å². The lowest BCUT2D eigenvalue weighted by Gasteiger charge is -2.04. The Morgan fingerprint density at radius 2 is 2.19 bits per heavy atom. The second-order valence-corrected chi connectivity index (χ2v) is 3.06. The van der Waals surface area contributed by atoms with Gasteiger partial charge in [0.1, 0.15) is 6.61 Å². The normalized spacial score (nSPS) is 11.3. The second kappa shape index (κ2) is 5.25. The summed E-state index contributed by atoms with van der Waals surface area (Å²) in [7, 11) is 0. The molecule has 5 heteroatoms. The van der Waals surface area contributed by atoms with Crippen LogP contribution in [0.3, 0.4) is 0 Å². The van der Waals surface area contributed by atoms with Crippen molar-refractivity contribution in [1.82, 2.24) is 0 Å². The van der Waals surface area contributed by atoms with E-state index in [2.05, 4.69) is 0 Å². The molecular weight excluding hydrogens is 218 g/mol. The van der Waals surface area contributed by atoms with E-state index in [0.717, 1.165) is 6.07 Å². The molecule has 86 valence electrons. The maximum atomic E-state index is 13.0. The van der Waals surface area contributed by atoms with Crippen LogP contribution in [0.4, 0.5) is 8.78 Å². The number of rotatable bonds is 4. The maximum absolute atomic E-state index is 13.0. The van der Waals surface area contributed by atoms with Gasteiger partial charge in [0.05, 0.1) is 0 Å². The summed E-state index contributed by atoms with van der Waals surface area (Å²) in [5.74, 6) is -3.40. The Balaban J connectivity index is 2.66. The van der Waals surface area contributed by atoms with Crippen molar-refractivity contribution in [3.63, 3.8) is 0 Å². The number of hydrogen-bond acceptors (Lipinski definition) is 2. The summed E-state index contributed by atoms with van der Waals surface area (Å²) >= 11 is 0. The van der Waals surface area contributed by atoms with Crippen molar-refractivity contribution in [2.75, 3.05) is 6.61 Å². The average molecular weight is 228 g/mol. The molecule has 0 spiro atoms. The highest BCUT2D eigenvalue weighted by atomic mass is 19.2. The van der Waals surface area contributed by atoms with Gasteiger partial charge in [-0.15, -0.1) is 0 Å². The third kappa shape index (κ3) is 3.05. The molecule has 0 amide bonds. The van der Waals surface area contributed by atoms with Gasteiger partial charge in [-0.2, -0.15) is 4.39 Å². The molecule has 0 fully saturated rings. The van der Waals surface area contributed by atoms with Crippen molar-refractivity contribution < 1.29 is 23.4 Å². The van der Waals surface area contributed by atoms with Crippen molar-refractivity contribution in [3.05, 3.63) is 41.5 Å². The minimum atomic E-state index is -1.08. The Morgan fingerprint density at radius 3 is 2.81 bits per heavy atom. The predicted octanol–water partition coefficient (Wildman–Crippen LogP) is 2.37. The number of halogens is 2. The second-order valence-electron chi connectivity index (χ2n) is 3.06. The van der Waals surface area contributed by atoms with Gasteiger partial charge in [0, 0.05) is 5.57 Å². The lowest BCUT2D eigenvalue weighted by Crippen LogP contribution is -2.02. The number of hydrogen-bond donors (Lipinski definition) is 1. The van der Waals surface area contributed by atoms with Crippen molar-refractivity contribution in [1.29, 1.82) is 0 Å². The number of ether oxygens (including phenoxy) is 1. The summed E-state index contributed by atoms with van der Waals surface area (Å²) in [6.07, 6.45) is 1.27. The van der Waals surface area contributed by atoms with E-state index in [1.54, 1.807) is 0 Å². The highest BCUT2D eigenvalue weighted by molar-refractivity contribution is 5.85. The zero-order valence-electron chi connectivity index (χ0n) is 8.54. The van der Waals surface area contributed by atoms with E-state index in [-0.39, 0.29) is 17.9 Å². The van der Waals surface area contributed by atoms with Crippen molar-refractivity contribution in [2.24, 2.45) is 0 Å². The lowest BCUT2D eigenvalue weighted by atomic mass is 10.3. The third-order valence-electron chi connectivity index (χ3n) is 1.88. The summed E-state index contributed by atoms with van der Waals surface area (Å²) in [4.78, 5) is 10.4. The quantitative estimate of drug-likeness (QED) is 0.805. The molecule has 0 saturated heterocycles. The van der Waals surface area contributed by atoms with Gasteiger partial charge in [0.25, 0.3) is 0 Å². The third-order valence-corrected chi connectivity index (χ3v) is 1.88. The molecule has 1 N–H and O–H groups in total. The Morgan fingerprint density at radius 1 is 1.50 bits per heavy atom. The highest BCUT2D eigenvalue weighted by Gasteiger charge is 2.08. The predicted molar refractivity (Wildman–Crippen MR) is 53.2 cm³/mol. The van der Waals surface area contributed by atoms with E-state index >= 15 is 0 Å². The van der Waals surface area contributed by atoms with Crippen LogP contribution >= 0.6 is 0 Å². The van der Waals surface area contributed by atoms with E-state index in [1.165, 1.54) is 25.1 Å². The number of benzene rings is 1. The SMILES string of the molecule is CC(=CCOc1cccc(F)c1F)C(=O)O. The molecule has 0 aliphatic heterocycles. The molecule has 0 aliphatic carbocycles. The summed E-state index contributed by atoms with van der Waals surface area (Å²) < 4.78 is 30.7. The fourth-order valence-corrected chi connectivity index (χ4v) is 0.939. The monoisotopic (exact) mass is 228 g/mol. The number of carbonyl (C=O) groups is 1. The molecule has 0 aromatic heterocycles. The van der Waals surface area contributed by atoms with Crippen LogP contribution in [-0.4, -0.2) is 17.7 Å². The Bertz CT molecular complexity index is 427. The first-order chi connectivity index (χ1) is 7.52. The molecule has 1 aromatic carbocycles. The molecule has 0 radical (unpaired) electrons. The average Bonchev–Trinajstić information content (AvgIpc) is 2.24. The molecule has 16 heavy (non-hydrogen) atoms. The zero-order chi connectivity index (χ0) is 12.1. The van der Waals surface area contributed by atoms with Crippen LogP contribution in [0, 0.1) is 11.6 Å². The van der Waals surface area contributed by atoms with Gasteiger partial charge in [-0.25, -0.2) is 9.18 Å². The zero-order valence-corrected chi connectivity index (χ0v) is 8.54. The molecule has 0 bridgehead atoms. The number of carboxylic acids is 1. The van der Waals surface area contributed by atoms with Crippen LogP contribution in [0.25, 0.3) is 0 Å². The molecule has 0 aliphatic rings. The minimum absolute atomic E-state index is 0.0804. The van der Waals surface area contributed by atoms with E-state index in [9.17, 15) is 13.6 Å². The Hall–Kier alpha value is -1.91. The van der Waals surface area contributed by atoms with E-state index in [1.807, 2.05) is 0 Å². The molecule has 0 saturated carbocycles. The fraction of sp³-hybridized carbons (Fsp3) is 0.182. The van der Waals surface area contributed by atoms with E-state index in [4.69, 9.17) is 9.84 Å². The van der Waals surface area contributed by atoms with Gasteiger partial charge < -0.3 is 9.84 Å². The van der Waals surface area contributed by atoms with Crippen LogP contribution in [0.15, 0.2) is 29.8 Å². The summed E-state index contributed by atoms with van der Waals surface area (Å²) in [6, 6.07) is 3.55. The first-order valence-corrected chi connectivity index (χ1v) is 4.49. The summed E-state index contributed by atoms with van der Waals surface area (Å²) in [6.45, 7) is 1.26. The number of carboxylic acid groups (broad SMARTS) is 1. The van der Waals surface area contributed by atoms with Gasteiger partial charge in [0.15, 0.2) is 11.6 Å². The molecular formula is C11H10F2O3. The Labute approximate surface area is 91.0 Å². The molecule has 1 aromatic rings. The molecule has 3 nitrogen and oxygen atoms in total. The topological polar surface area (TPSA) is 46.5 Å². The fourth-order valence-electron chi connectivity index (χ4n) is 0.939.